The lowest BCUT2D eigenvalue weighted by Gasteiger charge is -2.19. The SMILES string of the molecule is CC(CN(C)C(=O)CCc1cc(Cl)ccc1Br)C(=O)O. The number of rotatable bonds is 6. The van der Waals surface area contributed by atoms with Crippen molar-refractivity contribution < 1.29 is 14.7 Å². The van der Waals surface area contributed by atoms with Gasteiger partial charge in [-0.1, -0.05) is 34.5 Å². The van der Waals surface area contributed by atoms with Crippen LogP contribution in [-0.4, -0.2) is 35.5 Å². The molecule has 0 aliphatic carbocycles. The highest BCUT2D eigenvalue weighted by atomic mass is 79.9. The van der Waals surface area contributed by atoms with Gasteiger partial charge in [-0.25, -0.2) is 0 Å². The van der Waals surface area contributed by atoms with Crippen molar-refractivity contribution in [3.8, 4) is 0 Å². The molecule has 1 amide bonds. The Balaban J connectivity index is 2.54. The summed E-state index contributed by atoms with van der Waals surface area (Å²) in [4.78, 5) is 24.2. The van der Waals surface area contributed by atoms with E-state index in [9.17, 15) is 9.59 Å². The molecule has 0 aliphatic rings. The number of benzene rings is 1. The minimum Gasteiger partial charge on any atom is -0.481 e. The summed E-state index contributed by atoms with van der Waals surface area (Å²) in [5, 5.41) is 9.46. The molecule has 0 aromatic heterocycles. The molecule has 0 radical (unpaired) electrons. The number of carbonyl (C=O) groups excluding carboxylic acids is 1. The van der Waals surface area contributed by atoms with E-state index in [4.69, 9.17) is 16.7 Å². The van der Waals surface area contributed by atoms with E-state index in [-0.39, 0.29) is 12.5 Å². The molecule has 0 aliphatic heterocycles. The first-order valence-corrected chi connectivity index (χ1v) is 7.39. The van der Waals surface area contributed by atoms with Crippen LogP contribution in [0.1, 0.15) is 18.9 Å². The normalized spacial score (nSPS) is 12.0. The average molecular weight is 363 g/mol. The Labute approximate surface area is 131 Å². The van der Waals surface area contributed by atoms with Gasteiger partial charge in [0.05, 0.1) is 5.92 Å². The maximum atomic E-state index is 12.0. The van der Waals surface area contributed by atoms with Crippen molar-refractivity contribution in [3.63, 3.8) is 0 Å². The zero-order valence-electron chi connectivity index (χ0n) is 11.4. The average Bonchev–Trinajstić information content (AvgIpc) is 2.39. The van der Waals surface area contributed by atoms with E-state index < -0.39 is 11.9 Å². The number of hydrogen-bond donors (Lipinski definition) is 1. The summed E-state index contributed by atoms with van der Waals surface area (Å²) in [6.07, 6.45) is 0.882. The van der Waals surface area contributed by atoms with Gasteiger partial charge in [0.1, 0.15) is 0 Å². The third-order valence-corrected chi connectivity index (χ3v) is 4.02. The number of aryl methyl sites for hydroxylation is 1. The molecule has 1 atom stereocenters. The molecule has 0 heterocycles. The van der Waals surface area contributed by atoms with Crippen LogP contribution in [0.3, 0.4) is 0 Å². The number of hydrogen-bond acceptors (Lipinski definition) is 2. The van der Waals surface area contributed by atoms with Crippen LogP contribution in [-0.2, 0) is 16.0 Å². The first kappa shape index (κ1) is 17.0. The summed E-state index contributed by atoms with van der Waals surface area (Å²) >= 11 is 9.33. The highest BCUT2D eigenvalue weighted by Crippen LogP contribution is 2.22. The standard InChI is InChI=1S/C14H17BrClNO3/c1-9(14(19)20)8-17(2)13(18)6-3-10-7-11(16)4-5-12(10)15/h4-5,7,9H,3,6,8H2,1-2H3,(H,19,20). The second-order valence-corrected chi connectivity index (χ2v) is 6.04. The fourth-order valence-electron chi connectivity index (χ4n) is 1.76. The number of carbonyl (C=O) groups is 2. The van der Waals surface area contributed by atoms with E-state index in [1.807, 2.05) is 12.1 Å². The number of amides is 1. The molecule has 1 aromatic carbocycles. The van der Waals surface area contributed by atoms with Crippen molar-refractivity contribution in [3.05, 3.63) is 33.3 Å². The van der Waals surface area contributed by atoms with E-state index in [1.165, 1.54) is 4.90 Å². The predicted molar refractivity (Wildman–Crippen MR) is 81.9 cm³/mol. The minimum atomic E-state index is -0.901. The molecule has 20 heavy (non-hydrogen) atoms. The van der Waals surface area contributed by atoms with Crippen molar-refractivity contribution in [2.24, 2.45) is 5.92 Å². The predicted octanol–water partition coefficient (Wildman–Crippen LogP) is 3.21. The van der Waals surface area contributed by atoms with E-state index in [2.05, 4.69) is 15.9 Å². The van der Waals surface area contributed by atoms with E-state index in [0.29, 0.717) is 17.9 Å². The van der Waals surface area contributed by atoms with E-state index >= 15 is 0 Å². The first-order chi connectivity index (χ1) is 9.31. The van der Waals surface area contributed by atoms with Crippen molar-refractivity contribution in [2.75, 3.05) is 13.6 Å². The van der Waals surface area contributed by atoms with Crippen LogP contribution in [0.15, 0.2) is 22.7 Å². The van der Waals surface area contributed by atoms with Crippen LogP contribution < -0.4 is 0 Å². The molecular formula is C14H17BrClNO3. The second kappa shape index (κ2) is 7.64. The third kappa shape index (κ3) is 5.13. The molecule has 1 rings (SSSR count). The van der Waals surface area contributed by atoms with Gasteiger partial charge in [0.15, 0.2) is 0 Å². The highest BCUT2D eigenvalue weighted by Gasteiger charge is 2.17. The van der Waals surface area contributed by atoms with Crippen molar-refractivity contribution in [1.82, 2.24) is 4.90 Å². The molecule has 1 N–H and O–H groups in total. The Hall–Kier alpha value is -1.07. The van der Waals surface area contributed by atoms with Gasteiger partial charge in [-0.2, -0.15) is 0 Å². The van der Waals surface area contributed by atoms with Gasteiger partial charge in [-0.15, -0.1) is 0 Å². The number of carboxylic acids is 1. The Morgan fingerprint density at radius 3 is 2.70 bits per heavy atom. The number of aliphatic carboxylic acids is 1. The van der Waals surface area contributed by atoms with Crippen LogP contribution in [0.2, 0.25) is 5.02 Å². The van der Waals surface area contributed by atoms with Crippen LogP contribution in [0.4, 0.5) is 0 Å². The van der Waals surface area contributed by atoms with Gasteiger partial charge in [0.2, 0.25) is 5.91 Å². The molecule has 0 fully saturated rings. The smallest absolute Gasteiger partial charge is 0.308 e. The van der Waals surface area contributed by atoms with Gasteiger partial charge in [-0.3, -0.25) is 9.59 Å². The van der Waals surface area contributed by atoms with Gasteiger partial charge in [-0.05, 0) is 30.2 Å². The van der Waals surface area contributed by atoms with Crippen molar-refractivity contribution in [2.45, 2.75) is 19.8 Å². The molecule has 0 saturated heterocycles. The van der Waals surface area contributed by atoms with Crippen LogP contribution >= 0.6 is 27.5 Å². The summed E-state index contributed by atoms with van der Waals surface area (Å²) in [6.45, 7) is 1.80. The number of carboxylic acid groups (broad SMARTS) is 1. The highest BCUT2D eigenvalue weighted by molar-refractivity contribution is 9.10. The maximum Gasteiger partial charge on any atom is 0.308 e. The Bertz CT molecular complexity index is 507. The van der Waals surface area contributed by atoms with Crippen LogP contribution in [0.5, 0.6) is 0 Å². The summed E-state index contributed by atoms with van der Waals surface area (Å²) in [7, 11) is 1.62. The fourth-order valence-corrected chi connectivity index (χ4v) is 2.40. The van der Waals surface area contributed by atoms with E-state index in [1.54, 1.807) is 20.0 Å². The molecule has 110 valence electrons. The monoisotopic (exact) mass is 361 g/mol. The van der Waals surface area contributed by atoms with Crippen LogP contribution in [0.25, 0.3) is 0 Å². The molecule has 1 aromatic rings. The molecule has 6 heteroatoms. The third-order valence-electron chi connectivity index (χ3n) is 3.01. The zero-order valence-corrected chi connectivity index (χ0v) is 13.7. The quantitative estimate of drug-likeness (QED) is 0.845. The molecule has 1 unspecified atom stereocenters. The summed E-state index contributed by atoms with van der Waals surface area (Å²) in [5.74, 6) is -1.55. The summed E-state index contributed by atoms with van der Waals surface area (Å²) < 4.78 is 0.913. The maximum absolute atomic E-state index is 12.0. The van der Waals surface area contributed by atoms with Gasteiger partial charge >= 0.3 is 5.97 Å². The molecule has 0 bridgehead atoms. The Kier molecular flexibility index (Phi) is 6.49. The van der Waals surface area contributed by atoms with Crippen molar-refractivity contribution in [1.29, 1.82) is 0 Å². The number of halogens is 2. The van der Waals surface area contributed by atoms with Gasteiger partial charge in [0.25, 0.3) is 0 Å². The van der Waals surface area contributed by atoms with Crippen molar-refractivity contribution >= 4 is 39.4 Å². The Morgan fingerprint density at radius 2 is 2.10 bits per heavy atom. The lowest BCUT2D eigenvalue weighted by Crippen LogP contribution is -2.33. The summed E-state index contributed by atoms with van der Waals surface area (Å²) in [6, 6.07) is 5.44. The molecule has 0 spiro atoms. The lowest BCUT2D eigenvalue weighted by molar-refractivity contribution is -0.142. The molecule has 0 saturated carbocycles. The largest absolute Gasteiger partial charge is 0.481 e. The topological polar surface area (TPSA) is 57.6 Å². The summed E-state index contributed by atoms with van der Waals surface area (Å²) in [5.41, 5.74) is 0.963. The minimum absolute atomic E-state index is 0.0787. The Morgan fingerprint density at radius 1 is 1.45 bits per heavy atom. The number of nitrogens with zero attached hydrogens (tertiary/aromatic N) is 1. The first-order valence-electron chi connectivity index (χ1n) is 6.22. The zero-order chi connectivity index (χ0) is 15.3. The molecule has 4 nitrogen and oxygen atoms in total. The van der Waals surface area contributed by atoms with Gasteiger partial charge in [0, 0.05) is 29.5 Å². The van der Waals surface area contributed by atoms with E-state index in [0.717, 1.165) is 10.0 Å². The molecular weight excluding hydrogens is 346 g/mol. The second-order valence-electron chi connectivity index (χ2n) is 4.75. The van der Waals surface area contributed by atoms with Gasteiger partial charge < -0.3 is 10.0 Å². The fraction of sp³-hybridized carbons (Fsp3) is 0.429. The lowest BCUT2D eigenvalue weighted by atomic mass is 10.1. The van der Waals surface area contributed by atoms with Crippen LogP contribution in [0, 0.1) is 5.92 Å².